The highest BCUT2D eigenvalue weighted by molar-refractivity contribution is 9.10. The summed E-state index contributed by atoms with van der Waals surface area (Å²) in [6, 6.07) is 7.41. The molecule has 2 saturated heterocycles. The van der Waals surface area contributed by atoms with Gasteiger partial charge < -0.3 is 15.1 Å². The maximum atomic E-state index is 13.5. The highest BCUT2D eigenvalue weighted by Crippen LogP contribution is 2.54. The van der Waals surface area contributed by atoms with Gasteiger partial charge in [0.15, 0.2) is 0 Å². The third-order valence-electron chi connectivity index (χ3n) is 7.19. The SMILES string of the molecule is Cc1cc(NC(=O)c2ccc(Br)cc2N2CCC3(CC2)CC3)nc(N2CCC(F)(F)CC2)n1. The van der Waals surface area contributed by atoms with Gasteiger partial charge in [-0.3, -0.25) is 4.79 Å². The van der Waals surface area contributed by atoms with Crippen LogP contribution >= 0.6 is 15.9 Å². The van der Waals surface area contributed by atoms with Crippen molar-refractivity contribution < 1.29 is 13.6 Å². The van der Waals surface area contributed by atoms with Crippen molar-refractivity contribution in [3.05, 3.63) is 40.0 Å². The molecule has 2 aliphatic heterocycles. The zero-order valence-corrected chi connectivity index (χ0v) is 20.3. The molecule has 176 valence electrons. The molecular weight excluding hydrogens is 492 g/mol. The summed E-state index contributed by atoms with van der Waals surface area (Å²) in [6.07, 6.45) is 4.57. The number of carbonyl (C=O) groups excluding carboxylic acids is 1. The summed E-state index contributed by atoms with van der Waals surface area (Å²) in [5, 5.41) is 2.92. The largest absolute Gasteiger partial charge is 0.371 e. The minimum atomic E-state index is -2.64. The number of hydrogen-bond donors (Lipinski definition) is 1. The molecule has 0 unspecified atom stereocenters. The number of hydrogen-bond acceptors (Lipinski definition) is 5. The fourth-order valence-corrected chi connectivity index (χ4v) is 5.18. The summed E-state index contributed by atoms with van der Waals surface area (Å²) in [6.45, 7) is 4.10. The molecular formula is C24H28BrF2N5O. The lowest BCUT2D eigenvalue weighted by atomic mass is 9.93. The number of rotatable bonds is 4. The van der Waals surface area contributed by atoms with Gasteiger partial charge in [0.1, 0.15) is 5.82 Å². The first-order valence-electron chi connectivity index (χ1n) is 11.6. The second kappa shape index (κ2) is 8.49. The lowest BCUT2D eigenvalue weighted by molar-refractivity contribution is -0.0222. The highest BCUT2D eigenvalue weighted by Gasteiger charge is 2.44. The molecule has 1 aliphatic carbocycles. The Morgan fingerprint density at radius 3 is 2.30 bits per heavy atom. The maximum Gasteiger partial charge on any atom is 0.258 e. The predicted molar refractivity (Wildman–Crippen MR) is 128 cm³/mol. The van der Waals surface area contributed by atoms with Crippen LogP contribution in [0.5, 0.6) is 0 Å². The van der Waals surface area contributed by atoms with E-state index in [1.54, 1.807) is 11.0 Å². The van der Waals surface area contributed by atoms with Crippen molar-refractivity contribution in [3.63, 3.8) is 0 Å². The first-order valence-corrected chi connectivity index (χ1v) is 12.4. The van der Waals surface area contributed by atoms with Gasteiger partial charge in [0.2, 0.25) is 5.95 Å². The molecule has 1 amide bonds. The number of benzene rings is 1. The lowest BCUT2D eigenvalue weighted by Gasteiger charge is -2.35. The Balaban J connectivity index is 1.34. The number of halogens is 3. The summed E-state index contributed by atoms with van der Waals surface area (Å²) >= 11 is 3.55. The highest BCUT2D eigenvalue weighted by atomic mass is 79.9. The number of alkyl halides is 2. The van der Waals surface area contributed by atoms with Crippen LogP contribution in [0.3, 0.4) is 0 Å². The summed E-state index contributed by atoms with van der Waals surface area (Å²) in [4.78, 5) is 26.2. The van der Waals surface area contributed by atoms with Gasteiger partial charge in [-0.05, 0) is 56.2 Å². The fraction of sp³-hybridized carbons (Fsp3) is 0.542. The Kier molecular flexibility index (Phi) is 5.79. The Labute approximate surface area is 200 Å². The molecule has 0 bridgehead atoms. The second-order valence-corrected chi connectivity index (χ2v) is 10.6. The van der Waals surface area contributed by atoms with Crippen LogP contribution in [0.4, 0.5) is 26.2 Å². The summed E-state index contributed by atoms with van der Waals surface area (Å²) < 4.78 is 28.0. The van der Waals surface area contributed by atoms with E-state index in [4.69, 9.17) is 0 Å². The van der Waals surface area contributed by atoms with E-state index in [0.29, 0.717) is 28.4 Å². The molecule has 33 heavy (non-hydrogen) atoms. The molecule has 1 spiro atoms. The average molecular weight is 520 g/mol. The number of nitrogens with zero attached hydrogens (tertiary/aromatic N) is 4. The molecule has 3 fully saturated rings. The van der Waals surface area contributed by atoms with Crippen molar-refractivity contribution in [2.75, 3.05) is 41.3 Å². The Hall–Kier alpha value is -2.29. The first kappa shape index (κ1) is 22.5. The molecule has 3 heterocycles. The van der Waals surface area contributed by atoms with Gasteiger partial charge in [-0.15, -0.1) is 0 Å². The van der Waals surface area contributed by atoms with E-state index in [1.807, 2.05) is 25.1 Å². The van der Waals surface area contributed by atoms with Gasteiger partial charge in [-0.2, -0.15) is 4.98 Å². The standard InChI is InChI=1S/C24H28BrF2N5O/c1-16-14-20(30-22(28-16)32-12-8-24(26,27)9-13-32)29-21(33)18-3-2-17(25)15-19(18)31-10-6-23(4-5-23)7-11-31/h2-3,14-15H,4-13H2,1H3,(H,28,29,30,33). The fourth-order valence-electron chi connectivity index (χ4n) is 4.83. The Bertz CT molecular complexity index is 1050. The number of aryl methyl sites for hydroxylation is 1. The zero-order chi connectivity index (χ0) is 23.2. The van der Waals surface area contributed by atoms with Crippen molar-refractivity contribution in [3.8, 4) is 0 Å². The quantitative estimate of drug-likeness (QED) is 0.584. The van der Waals surface area contributed by atoms with E-state index in [9.17, 15) is 13.6 Å². The predicted octanol–water partition coefficient (Wildman–Crippen LogP) is 5.42. The lowest BCUT2D eigenvalue weighted by Crippen LogP contribution is -2.40. The zero-order valence-electron chi connectivity index (χ0n) is 18.7. The van der Waals surface area contributed by atoms with E-state index in [1.165, 1.54) is 25.7 Å². The minimum Gasteiger partial charge on any atom is -0.371 e. The van der Waals surface area contributed by atoms with E-state index in [-0.39, 0.29) is 31.8 Å². The summed E-state index contributed by atoms with van der Waals surface area (Å²) in [5.74, 6) is -2.12. The number of nitrogens with one attached hydrogen (secondary N) is 1. The van der Waals surface area contributed by atoms with Gasteiger partial charge >= 0.3 is 0 Å². The molecule has 5 rings (SSSR count). The van der Waals surface area contributed by atoms with Gasteiger partial charge in [-0.1, -0.05) is 15.9 Å². The Morgan fingerprint density at radius 2 is 1.64 bits per heavy atom. The molecule has 6 nitrogen and oxygen atoms in total. The van der Waals surface area contributed by atoms with E-state index in [2.05, 4.69) is 36.1 Å². The molecule has 2 aromatic rings. The van der Waals surface area contributed by atoms with Crippen LogP contribution in [0.2, 0.25) is 0 Å². The van der Waals surface area contributed by atoms with Crippen LogP contribution in [0.1, 0.15) is 54.6 Å². The third-order valence-corrected chi connectivity index (χ3v) is 7.68. The monoisotopic (exact) mass is 519 g/mol. The van der Waals surface area contributed by atoms with Crippen LogP contribution in [0.15, 0.2) is 28.7 Å². The minimum absolute atomic E-state index is 0.192. The van der Waals surface area contributed by atoms with Gasteiger partial charge in [-0.25, -0.2) is 13.8 Å². The Morgan fingerprint density at radius 1 is 0.970 bits per heavy atom. The molecule has 1 N–H and O–H groups in total. The van der Waals surface area contributed by atoms with Crippen LogP contribution in [-0.2, 0) is 0 Å². The van der Waals surface area contributed by atoms with Gasteiger partial charge in [0, 0.05) is 55.3 Å². The van der Waals surface area contributed by atoms with Gasteiger partial charge in [0.05, 0.1) is 11.3 Å². The van der Waals surface area contributed by atoms with E-state index >= 15 is 0 Å². The maximum absolute atomic E-state index is 13.5. The summed E-state index contributed by atoms with van der Waals surface area (Å²) in [7, 11) is 0. The number of anilines is 3. The molecule has 1 aromatic carbocycles. The molecule has 9 heteroatoms. The van der Waals surface area contributed by atoms with Gasteiger partial charge in [0.25, 0.3) is 11.8 Å². The number of amides is 1. The first-order chi connectivity index (χ1) is 15.7. The topological polar surface area (TPSA) is 61.4 Å². The second-order valence-electron chi connectivity index (χ2n) is 9.64. The summed E-state index contributed by atoms with van der Waals surface area (Å²) in [5.41, 5.74) is 2.74. The molecule has 1 saturated carbocycles. The van der Waals surface area contributed by atoms with Crippen molar-refractivity contribution in [2.24, 2.45) is 5.41 Å². The van der Waals surface area contributed by atoms with Crippen molar-refractivity contribution in [1.29, 1.82) is 0 Å². The number of carbonyl (C=O) groups is 1. The van der Waals surface area contributed by atoms with Crippen molar-refractivity contribution in [2.45, 2.75) is 51.4 Å². The van der Waals surface area contributed by atoms with Crippen molar-refractivity contribution in [1.82, 2.24) is 9.97 Å². The van der Waals surface area contributed by atoms with Crippen molar-refractivity contribution >= 4 is 39.3 Å². The van der Waals surface area contributed by atoms with Crippen LogP contribution in [0, 0.1) is 12.3 Å². The molecule has 0 atom stereocenters. The number of aromatic nitrogens is 2. The normalized spacial score (nSPS) is 21.2. The van der Waals surface area contributed by atoms with Crippen LogP contribution in [0.25, 0.3) is 0 Å². The molecule has 1 aromatic heterocycles. The molecule has 3 aliphatic rings. The van der Waals surface area contributed by atoms with E-state index < -0.39 is 5.92 Å². The van der Waals surface area contributed by atoms with E-state index in [0.717, 1.165) is 23.2 Å². The average Bonchev–Trinajstić information content (AvgIpc) is 3.52. The molecule has 0 radical (unpaired) electrons. The van der Waals surface area contributed by atoms with Crippen LogP contribution in [-0.4, -0.2) is 48.0 Å². The number of piperidine rings is 2. The smallest absolute Gasteiger partial charge is 0.258 e. The van der Waals surface area contributed by atoms with Crippen LogP contribution < -0.4 is 15.1 Å². The third kappa shape index (κ3) is 4.98.